The van der Waals surface area contributed by atoms with Gasteiger partial charge in [-0.05, 0) is 75.9 Å². The maximum atomic E-state index is 13.3. The Morgan fingerprint density at radius 3 is 2.88 bits per heavy atom. The maximum Gasteiger partial charge on any atom is 0.273 e. The quantitative estimate of drug-likeness (QED) is 0.721. The van der Waals surface area contributed by atoms with Crippen molar-refractivity contribution >= 4 is 23.3 Å². The average Bonchev–Trinajstić information content (AvgIpc) is 2.84. The van der Waals surface area contributed by atoms with Crippen LogP contribution in [0.25, 0.3) is 0 Å². The van der Waals surface area contributed by atoms with Crippen LogP contribution in [0.3, 0.4) is 0 Å². The zero-order chi connectivity index (χ0) is 23.8. The topological polar surface area (TPSA) is 86.8 Å². The number of ether oxygens (including phenoxy) is 1. The Morgan fingerprint density at radius 2 is 2.00 bits per heavy atom. The Balaban J connectivity index is 1.45. The fraction of sp³-hybridized carbons (Fsp3) is 0.500. The molecule has 8 nitrogen and oxygen atoms in total. The summed E-state index contributed by atoms with van der Waals surface area (Å²) in [7, 11) is 2.12. The van der Waals surface area contributed by atoms with Crippen molar-refractivity contribution < 1.29 is 14.3 Å². The number of amides is 2. The second kappa shape index (κ2) is 11.8. The predicted molar refractivity (Wildman–Crippen MR) is 132 cm³/mol. The van der Waals surface area contributed by atoms with E-state index in [9.17, 15) is 9.59 Å². The van der Waals surface area contributed by atoms with Crippen LogP contribution in [-0.4, -0.2) is 73.0 Å². The molecule has 0 aliphatic carbocycles. The first kappa shape index (κ1) is 24.0. The summed E-state index contributed by atoms with van der Waals surface area (Å²) in [6.07, 6.45) is 4.87. The number of para-hydroxylation sites is 2. The molecule has 2 bridgehead atoms. The van der Waals surface area contributed by atoms with Gasteiger partial charge in [-0.2, -0.15) is 0 Å². The largest absolute Gasteiger partial charge is 0.491 e. The average molecular weight is 466 g/mol. The number of rotatable bonds is 4. The number of hydrogen-bond acceptors (Lipinski definition) is 6. The van der Waals surface area contributed by atoms with E-state index in [0.29, 0.717) is 37.1 Å². The number of carbonyl (C=O) groups is 2. The van der Waals surface area contributed by atoms with Gasteiger partial charge in [0.1, 0.15) is 17.3 Å². The zero-order valence-electron chi connectivity index (χ0n) is 20.0. The predicted octanol–water partition coefficient (Wildman–Crippen LogP) is 3.29. The van der Waals surface area contributed by atoms with Crippen molar-refractivity contribution in [1.82, 2.24) is 20.1 Å². The van der Waals surface area contributed by atoms with Crippen molar-refractivity contribution in [3.05, 3.63) is 48.2 Å². The molecule has 2 N–H and O–H groups in total. The summed E-state index contributed by atoms with van der Waals surface area (Å²) in [5.41, 5.74) is 1.13. The minimum absolute atomic E-state index is 0.0417. The Kier molecular flexibility index (Phi) is 8.36. The van der Waals surface area contributed by atoms with Gasteiger partial charge in [0.15, 0.2) is 0 Å². The molecule has 1 unspecified atom stereocenters. The molecule has 1 aromatic carbocycles. The number of likely N-dealkylation sites (tertiary alicyclic amines) is 1. The van der Waals surface area contributed by atoms with Gasteiger partial charge in [-0.1, -0.05) is 18.2 Å². The number of hydrogen-bond donors (Lipinski definition) is 2. The molecule has 1 saturated heterocycles. The van der Waals surface area contributed by atoms with E-state index in [1.807, 2.05) is 30.3 Å². The summed E-state index contributed by atoms with van der Waals surface area (Å²) >= 11 is 0. The smallest absolute Gasteiger partial charge is 0.273 e. The highest BCUT2D eigenvalue weighted by Crippen LogP contribution is 2.27. The molecule has 2 aromatic rings. The van der Waals surface area contributed by atoms with Crippen molar-refractivity contribution in [2.75, 3.05) is 51.7 Å². The number of benzene rings is 1. The van der Waals surface area contributed by atoms with Gasteiger partial charge < -0.3 is 25.2 Å². The minimum atomic E-state index is -0.224. The highest BCUT2D eigenvalue weighted by atomic mass is 16.5. The number of aromatic nitrogens is 1. The van der Waals surface area contributed by atoms with Gasteiger partial charge in [0.05, 0.1) is 18.8 Å². The number of pyridine rings is 1. The highest BCUT2D eigenvalue weighted by Gasteiger charge is 2.22. The van der Waals surface area contributed by atoms with Gasteiger partial charge in [0, 0.05) is 19.6 Å². The Bertz CT molecular complexity index is 982. The molecule has 3 heterocycles. The molecule has 182 valence electrons. The summed E-state index contributed by atoms with van der Waals surface area (Å²) in [4.78, 5) is 34.5. The second-order valence-electron chi connectivity index (χ2n) is 9.24. The van der Waals surface area contributed by atoms with E-state index in [0.717, 1.165) is 56.6 Å². The summed E-state index contributed by atoms with van der Waals surface area (Å²) in [6, 6.07) is 13.0. The Labute approximate surface area is 201 Å². The molecule has 4 rings (SSSR count). The van der Waals surface area contributed by atoms with Crippen molar-refractivity contribution in [3.63, 3.8) is 0 Å². The first-order valence-electron chi connectivity index (χ1n) is 12.3. The molecule has 0 radical (unpaired) electrons. The molecule has 8 heteroatoms. The monoisotopic (exact) mass is 465 g/mol. The number of nitrogens with zero attached hydrogens (tertiary/aromatic N) is 3. The van der Waals surface area contributed by atoms with Crippen LogP contribution in [0.5, 0.6) is 5.75 Å². The molecule has 2 aliphatic rings. The standard InChI is InChI=1S/C26H35N5O3/c1-30-14-8-9-20(18-30)17-27-25(32)19-31-15-5-2-6-16-34-23-12-4-3-10-21(23)28-24-13-7-11-22(29-24)26(31)33/h3-4,7,10-13,20H,2,5-6,8-9,14-19H2,1H3,(H,27,32)(H,28,29). The lowest BCUT2D eigenvalue weighted by molar-refractivity contribution is -0.122. The molecule has 0 saturated carbocycles. The molecule has 2 amide bonds. The normalized spacial score (nSPS) is 19.9. The fourth-order valence-electron chi connectivity index (χ4n) is 4.56. The number of nitrogens with one attached hydrogen (secondary N) is 2. The molecule has 0 spiro atoms. The number of anilines is 2. The summed E-state index contributed by atoms with van der Waals surface area (Å²) < 4.78 is 5.98. The lowest BCUT2D eigenvalue weighted by atomic mass is 9.98. The van der Waals surface area contributed by atoms with E-state index >= 15 is 0 Å². The van der Waals surface area contributed by atoms with Gasteiger partial charge in [-0.3, -0.25) is 9.59 Å². The van der Waals surface area contributed by atoms with Gasteiger partial charge in [-0.15, -0.1) is 0 Å². The van der Waals surface area contributed by atoms with E-state index in [-0.39, 0.29) is 18.4 Å². The molecule has 2 aliphatic heterocycles. The third-order valence-corrected chi connectivity index (χ3v) is 6.38. The van der Waals surface area contributed by atoms with E-state index in [4.69, 9.17) is 4.74 Å². The summed E-state index contributed by atoms with van der Waals surface area (Å²) in [6.45, 7) is 3.91. The number of carbonyl (C=O) groups excluding carboxylic acids is 2. The minimum Gasteiger partial charge on any atom is -0.491 e. The van der Waals surface area contributed by atoms with Crippen LogP contribution >= 0.6 is 0 Å². The SMILES string of the molecule is CN1CCCC(CNC(=O)CN2CCCCCOc3ccccc3Nc3cccc(n3)C2=O)C1. The Morgan fingerprint density at radius 1 is 1.12 bits per heavy atom. The van der Waals surface area contributed by atoms with Crippen LogP contribution in [0.1, 0.15) is 42.6 Å². The number of piperidine rings is 1. The lowest BCUT2D eigenvalue weighted by Crippen LogP contribution is -2.44. The maximum absolute atomic E-state index is 13.3. The Hall–Kier alpha value is -3.13. The number of fused-ring (bicyclic) bond motifs is 3. The van der Waals surface area contributed by atoms with Crippen LogP contribution < -0.4 is 15.4 Å². The van der Waals surface area contributed by atoms with Crippen LogP contribution in [0.2, 0.25) is 0 Å². The summed E-state index contributed by atoms with van der Waals surface area (Å²) in [5.74, 6) is 1.45. The molecule has 34 heavy (non-hydrogen) atoms. The van der Waals surface area contributed by atoms with E-state index in [1.165, 1.54) is 0 Å². The first-order valence-corrected chi connectivity index (χ1v) is 12.3. The van der Waals surface area contributed by atoms with Gasteiger partial charge in [0.25, 0.3) is 5.91 Å². The van der Waals surface area contributed by atoms with Crippen LogP contribution in [0.15, 0.2) is 42.5 Å². The van der Waals surface area contributed by atoms with Crippen LogP contribution in [0.4, 0.5) is 11.5 Å². The van der Waals surface area contributed by atoms with Crippen molar-refractivity contribution in [1.29, 1.82) is 0 Å². The first-order chi connectivity index (χ1) is 16.6. The summed E-state index contributed by atoms with van der Waals surface area (Å²) in [5, 5.41) is 6.31. The van der Waals surface area contributed by atoms with Gasteiger partial charge in [-0.25, -0.2) is 4.98 Å². The third-order valence-electron chi connectivity index (χ3n) is 6.38. The third kappa shape index (κ3) is 6.70. The molecular formula is C26H35N5O3. The van der Waals surface area contributed by atoms with Crippen molar-refractivity contribution in [2.45, 2.75) is 32.1 Å². The van der Waals surface area contributed by atoms with E-state index < -0.39 is 0 Å². The van der Waals surface area contributed by atoms with Crippen molar-refractivity contribution in [2.24, 2.45) is 5.92 Å². The van der Waals surface area contributed by atoms with Gasteiger partial charge in [0.2, 0.25) is 5.91 Å². The zero-order valence-corrected chi connectivity index (χ0v) is 20.0. The van der Waals surface area contributed by atoms with Crippen molar-refractivity contribution in [3.8, 4) is 5.75 Å². The second-order valence-corrected chi connectivity index (χ2v) is 9.24. The van der Waals surface area contributed by atoms with E-state index in [1.54, 1.807) is 17.0 Å². The van der Waals surface area contributed by atoms with Gasteiger partial charge >= 0.3 is 0 Å². The lowest BCUT2D eigenvalue weighted by Gasteiger charge is -2.30. The molecule has 1 aromatic heterocycles. The highest BCUT2D eigenvalue weighted by molar-refractivity contribution is 5.95. The van der Waals surface area contributed by atoms with E-state index in [2.05, 4.69) is 27.6 Å². The van der Waals surface area contributed by atoms with Crippen LogP contribution in [-0.2, 0) is 4.79 Å². The molecule has 1 atom stereocenters. The molecule has 1 fully saturated rings. The fourth-order valence-corrected chi connectivity index (χ4v) is 4.56. The molecular weight excluding hydrogens is 430 g/mol. The van der Waals surface area contributed by atoms with Crippen LogP contribution in [0, 0.1) is 5.92 Å².